The first-order chi connectivity index (χ1) is 9.90. The highest BCUT2D eigenvalue weighted by Crippen LogP contribution is 2.18. The third-order valence-corrected chi connectivity index (χ3v) is 2.63. The van der Waals surface area contributed by atoms with Crippen molar-refractivity contribution in [1.82, 2.24) is 10.6 Å². The maximum atomic E-state index is 12.7. The quantitative estimate of drug-likeness (QED) is 0.312. The molecule has 2 N–H and O–H groups in total. The van der Waals surface area contributed by atoms with Crippen LogP contribution in [-0.4, -0.2) is 31.8 Å². The predicted octanol–water partition coefficient (Wildman–Crippen LogP) is 3.49. The number of hydrogen-bond acceptors (Lipinski definition) is 1. The molecule has 3 nitrogen and oxygen atoms in total. The average Bonchev–Trinajstić information content (AvgIpc) is 2.39. The van der Waals surface area contributed by atoms with Crippen molar-refractivity contribution in [3.8, 4) is 0 Å². The Labute approximate surface area is 144 Å². The molecule has 0 aliphatic carbocycles. The lowest BCUT2D eigenvalue weighted by atomic mass is 10.1. The fraction of sp³-hybridized carbons (Fsp3) is 0.500. The molecular formula is C14H20F4IN3. The Morgan fingerprint density at radius 2 is 1.77 bits per heavy atom. The van der Waals surface area contributed by atoms with E-state index in [1.807, 2.05) is 6.92 Å². The van der Waals surface area contributed by atoms with Gasteiger partial charge in [0.15, 0.2) is 5.96 Å². The van der Waals surface area contributed by atoms with Crippen molar-refractivity contribution < 1.29 is 17.6 Å². The summed E-state index contributed by atoms with van der Waals surface area (Å²) in [6.07, 6.45) is -4.51. The average molecular weight is 433 g/mol. The molecular weight excluding hydrogens is 413 g/mol. The van der Waals surface area contributed by atoms with Gasteiger partial charge >= 0.3 is 6.18 Å². The first kappa shape index (κ1) is 20.9. The van der Waals surface area contributed by atoms with E-state index in [0.717, 1.165) is 5.56 Å². The van der Waals surface area contributed by atoms with Crippen LogP contribution in [0.1, 0.15) is 18.9 Å². The Kier molecular flexibility index (Phi) is 10.1. The number of rotatable bonds is 6. The smallest absolute Gasteiger partial charge is 0.357 e. The monoisotopic (exact) mass is 433 g/mol. The molecule has 126 valence electrons. The zero-order valence-corrected chi connectivity index (χ0v) is 14.5. The summed E-state index contributed by atoms with van der Waals surface area (Å²) in [6, 6.07) is 6.09. The minimum atomic E-state index is -4.20. The second-order valence-electron chi connectivity index (χ2n) is 4.43. The van der Waals surface area contributed by atoms with Crippen molar-refractivity contribution in [1.29, 1.82) is 0 Å². The molecule has 0 bridgehead atoms. The number of benzene rings is 1. The summed E-state index contributed by atoms with van der Waals surface area (Å²) in [7, 11) is 0. The summed E-state index contributed by atoms with van der Waals surface area (Å²) < 4.78 is 48.9. The third kappa shape index (κ3) is 9.80. The second-order valence-corrected chi connectivity index (χ2v) is 4.43. The molecule has 0 heterocycles. The van der Waals surface area contributed by atoms with Crippen LogP contribution in [0.4, 0.5) is 17.6 Å². The van der Waals surface area contributed by atoms with Gasteiger partial charge in [0.2, 0.25) is 0 Å². The molecule has 0 aliphatic heterocycles. The molecule has 0 amide bonds. The fourth-order valence-corrected chi connectivity index (χ4v) is 1.61. The summed E-state index contributed by atoms with van der Waals surface area (Å²) in [4.78, 5) is 3.86. The van der Waals surface area contributed by atoms with Crippen molar-refractivity contribution in [2.75, 3.05) is 19.6 Å². The molecule has 1 rings (SSSR count). The van der Waals surface area contributed by atoms with Crippen LogP contribution in [0.25, 0.3) is 0 Å². The topological polar surface area (TPSA) is 36.4 Å². The highest BCUT2D eigenvalue weighted by molar-refractivity contribution is 14.0. The molecule has 22 heavy (non-hydrogen) atoms. The molecule has 0 radical (unpaired) electrons. The minimum Gasteiger partial charge on any atom is -0.357 e. The lowest BCUT2D eigenvalue weighted by Gasteiger charge is -2.11. The van der Waals surface area contributed by atoms with Crippen molar-refractivity contribution in [2.45, 2.75) is 25.9 Å². The highest BCUT2D eigenvalue weighted by atomic mass is 127. The van der Waals surface area contributed by atoms with E-state index in [4.69, 9.17) is 0 Å². The van der Waals surface area contributed by atoms with Gasteiger partial charge in [-0.15, -0.1) is 24.0 Å². The molecule has 0 atom stereocenters. The van der Waals surface area contributed by atoms with Gasteiger partial charge in [-0.05, 0) is 31.0 Å². The number of hydrogen-bond donors (Lipinski definition) is 2. The van der Waals surface area contributed by atoms with Gasteiger partial charge in [-0.2, -0.15) is 13.2 Å². The van der Waals surface area contributed by atoms with Gasteiger partial charge in [-0.25, -0.2) is 4.39 Å². The molecule has 0 saturated carbocycles. The zero-order valence-electron chi connectivity index (χ0n) is 12.2. The maximum Gasteiger partial charge on any atom is 0.390 e. The molecule has 0 aliphatic rings. The molecule has 0 spiro atoms. The van der Waals surface area contributed by atoms with Gasteiger partial charge in [0.25, 0.3) is 0 Å². The highest BCUT2D eigenvalue weighted by Gasteiger charge is 2.26. The normalized spacial score (nSPS) is 11.8. The predicted molar refractivity (Wildman–Crippen MR) is 90.2 cm³/mol. The Balaban J connectivity index is 0.00000441. The zero-order chi connectivity index (χ0) is 15.7. The number of aliphatic imine (C=N–C) groups is 1. The lowest BCUT2D eigenvalue weighted by molar-refractivity contribution is -0.132. The van der Waals surface area contributed by atoms with Crippen LogP contribution < -0.4 is 10.6 Å². The van der Waals surface area contributed by atoms with Crippen LogP contribution >= 0.6 is 24.0 Å². The van der Waals surface area contributed by atoms with Crippen molar-refractivity contribution in [2.24, 2.45) is 4.99 Å². The van der Waals surface area contributed by atoms with Crippen LogP contribution in [-0.2, 0) is 6.42 Å². The lowest BCUT2D eigenvalue weighted by Crippen LogP contribution is -2.38. The third-order valence-electron chi connectivity index (χ3n) is 2.63. The Morgan fingerprint density at radius 3 is 2.32 bits per heavy atom. The Hall–Kier alpha value is -1.06. The standard InChI is InChI=1S/C14H19F4N3.HI/c1-2-19-13(21-10-8-14(16,17)18)20-9-7-11-3-5-12(15)6-4-11;/h3-6H,2,7-10H2,1H3,(H2,19,20,21);1H. The number of halogens is 5. The second kappa shape index (κ2) is 10.6. The number of guanidine groups is 1. The number of nitrogens with one attached hydrogen (secondary N) is 2. The SMILES string of the molecule is CCNC(=NCCC(F)(F)F)NCCc1ccc(F)cc1.I. The molecule has 0 aromatic heterocycles. The molecule has 8 heteroatoms. The van der Waals surface area contributed by atoms with Crippen molar-refractivity contribution in [3.63, 3.8) is 0 Å². The molecule has 0 saturated heterocycles. The van der Waals surface area contributed by atoms with Gasteiger partial charge in [0, 0.05) is 13.1 Å². The van der Waals surface area contributed by atoms with Crippen molar-refractivity contribution in [3.05, 3.63) is 35.6 Å². The minimum absolute atomic E-state index is 0. The van der Waals surface area contributed by atoms with Crippen LogP contribution in [0.15, 0.2) is 29.3 Å². The van der Waals surface area contributed by atoms with Gasteiger partial charge in [0.1, 0.15) is 5.82 Å². The van der Waals surface area contributed by atoms with Crippen molar-refractivity contribution >= 4 is 29.9 Å². The van der Waals surface area contributed by atoms with E-state index in [0.29, 0.717) is 25.5 Å². The van der Waals surface area contributed by atoms with Crippen LogP contribution in [0, 0.1) is 5.82 Å². The van der Waals surface area contributed by atoms with E-state index in [9.17, 15) is 17.6 Å². The summed E-state index contributed by atoms with van der Waals surface area (Å²) in [6.45, 7) is 2.59. The van der Waals surface area contributed by atoms with E-state index >= 15 is 0 Å². The molecule has 0 unspecified atom stereocenters. The summed E-state index contributed by atoms with van der Waals surface area (Å²) in [5.41, 5.74) is 0.940. The molecule has 0 fully saturated rings. The maximum absolute atomic E-state index is 12.7. The van der Waals surface area contributed by atoms with Gasteiger partial charge in [-0.3, -0.25) is 4.99 Å². The van der Waals surface area contributed by atoms with Gasteiger partial charge in [-0.1, -0.05) is 12.1 Å². The van der Waals surface area contributed by atoms with E-state index in [-0.39, 0.29) is 36.3 Å². The molecule has 1 aromatic rings. The molecule has 1 aromatic carbocycles. The number of nitrogens with zero attached hydrogens (tertiary/aromatic N) is 1. The van der Waals surface area contributed by atoms with Gasteiger partial charge < -0.3 is 10.6 Å². The summed E-state index contributed by atoms with van der Waals surface area (Å²) in [5.74, 6) is 0.0534. The van der Waals surface area contributed by atoms with E-state index in [2.05, 4.69) is 15.6 Å². The fourth-order valence-electron chi connectivity index (χ4n) is 1.61. The number of alkyl halides is 3. The van der Waals surface area contributed by atoms with Crippen LogP contribution in [0.2, 0.25) is 0 Å². The van der Waals surface area contributed by atoms with Crippen LogP contribution in [0.3, 0.4) is 0 Å². The summed E-state index contributed by atoms with van der Waals surface area (Å²) >= 11 is 0. The Morgan fingerprint density at radius 1 is 1.14 bits per heavy atom. The van der Waals surface area contributed by atoms with Gasteiger partial charge in [0.05, 0.1) is 13.0 Å². The first-order valence-corrected chi connectivity index (χ1v) is 6.74. The van der Waals surface area contributed by atoms with E-state index in [1.54, 1.807) is 12.1 Å². The van der Waals surface area contributed by atoms with E-state index < -0.39 is 12.6 Å². The van der Waals surface area contributed by atoms with Crippen LogP contribution in [0.5, 0.6) is 0 Å². The largest absolute Gasteiger partial charge is 0.390 e. The first-order valence-electron chi connectivity index (χ1n) is 6.74. The Bertz CT molecular complexity index is 446. The summed E-state index contributed by atoms with van der Waals surface area (Å²) in [5, 5.41) is 5.82. The van der Waals surface area contributed by atoms with E-state index in [1.165, 1.54) is 12.1 Å².